The number of phenols is 1. The monoisotopic (exact) mass is 511 g/mol. The van der Waals surface area contributed by atoms with Gasteiger partial charge in [0.1, 0.15) is 5.75 Å². The summed E-state index contributed by atoms with van der Waals surface area (Å²) in [6.07, 6.45) is 9.57. The zero-order valence-electron chi connectivity index (χ0n) is 22.1. The Hall–Kier alpha value is -3.18. The fraction of sp³-hybridized carbons (Fsp3) is 0.455. The van der Waals surface area contributed by atoms with Crippen molar-refractivity contribution in [3.63, 3.8) is 0 Å². The van der Waals surface area contributed by atoms with Gasteiger partial charge in [0, 0.05) is 17.5 Å². The lowest BCUT2D eigenvalue weighted by molar-refractivity contribution is -0.143. The van der Waals surface area contributed by atoms with E-state index in [9.17, 15) is 14.7 Å². The van der Waals surface area contributed by atoms with Crippen molar-refractivity contribution in [3.05, 3.63) is 76.9 Å². The van der Waals surface area contributed by atoms with E-state index in [0.29, 0.717) is 13.0 Å². The Kier molecular flexibility index (Phi) is 6.96. The van der Waals surface area contributed by atoms with Gasteiger partial charge in [-0.15, -0.1) is 0 Å². The molecule has 4 aliphatic rings. The quantitative estimate of drug-likeness (QED) is 0.278. The largest absolute Gasteiger partial charge is 0.507 e. The number of hydrogen-bond donors (Lipinski definition) is 1. The molecule has 2 heterocycles. The molecule has 2 amide bonds. The number of imide groups is 1. The van der Waals surface area contributed by atoms with Crippen LogP contribution in [0.4, 0.5) is 0 Å². The van der Waals surface area contributed by atoms with Gasteiger partial charge in [-0.3, -0.25) is 14.5 Å². The van der Waals surface area contributed by atoms with Crippen LogP contribution in [0.15, 0.2) is 65.7 Å². The van der Waals surface area contributed by atoms with Gasteiger partial charge in [-0.1, -0.05) is 73.4 Å². The molecule has 0 spiro atoms. The summed E-state index contributed by atoms with van der Waals surface area (Å²) in [6.45, 7) is 2.65. The predicted octanol–water partition coefficient (Wildman–Crippen LogP) is 6.38. The van der Waals surface area contributed by atoms with Gasteiger partial charge in [0.25, 0.3) is 0 Å². The van der Waals surface area contributed by atoms with Crippen LogP contribution in [-0.2, 0) is 14.3 Å². The highest BCUT2D eigenvalue weighted by Crippen LogP contribution is 2.50. The number of allylic oxidation sites excluding steroid dienone is 2. The topological polar surface area (TPSA) is 66.8 Å². The average Bonchev–Trinajstić information content (AvgIpc) is 3.47. The van der Waals surface area contributed by atoms with Crippen molar-refractivity contribution >= 4 is 23.5 Å². The summed E-state index contributed by atoms with van der Waals surface area (Å²) in [5, 5.41) is 10.4. The van der Waals surface area contributed by atoms with E-state index in [1.165, 1.54) is 17.6 Å². The van der Waals surface area contributed by atoms with Crippen LogP contribution in [-0.4, -0.2) is 40.6 Å². The van der Waals surface area contributed by atoms with Crippen LogP contribution in [0.1, 0.15) is 69.4 Å². The minimum Gasteiger partial charge on any atom is -0.507 e. The summed E-state index contributed by atoms with van der Waals surface area (Å²) < 4.78 is 6.39. The van der Waals surface area contributed by atoms with Gasteiger partial charge < -0.3 is 9.84 Å². The van der Waals surface area contributed by atoms with Crippen LogP contribution >= 0.6 is 0 Å². The summed E-state index contributed by atoms with van der Waals surface area (Å²) in [4.78, 5) is 28.8. The van der Waals surface area contributed by atoms with Gasteiger partial charge in [-0.25, -0.2) is 0 Å². The number of carbonyl (C=O) groups is 2. The van der Waals surface area contributed by atoms with Crippen LogP contribution in [0.25, 0.3) is 11.6 Å². The number of hydrogen-bond acceptors (Lipinski definition) is 4. The highest BCUT2D eigenvalue weighted by molar-refractivity contribution is 6.06. The number of fused-ring (bicyclic) bond motifs is 3. The Balaban J connectivity index is 1.23. The second kappa shape index (κ2) is 10.5. The molecule has 0 radical (unpaired) electrons. The number of rotatable bonds is 6. The van der Waals surface area contributed by atoms with Crippen LogP contribution in [0.2, 0.25) is 0 Å². The minimum absolute atomic E-state index is 0.00566. The van der Waals surface area contributed by atoms with Crippen LogP contribution < -0.4 is 0 Å². The molecule has 2 aromatic rings. The van der Waals surface area contributed by atoms with Gasteiger partial charge in [-0.2, -0.15) is 0 Å². The second-order valence-electron chi connectivity index (χ2n) is 11.5. The van der Waals surface area contributed by atoms with E-state index >= 15 is 0 Å². The number of benzene rings is 2. The molecule has 0 aromatic heterocycles. The molecule has 4 atom stereocenters. The Morgan fingerprint density at radius 3 is 2.47 bits per heavy atom. The zero-order chi connectivity index (χ0) is 26.2. The van der Waals surface area contributed by atoms with E-state index in [1.807, 2.05) is 36.4 Å². The van der Waals surface area contributed by atoms with E-state index in [4.69, 9.17) is 4.74 Å². The number of nitrogens with zero attached hydrogens (tertiary/aromatic N) is 1. The van der Waals surface area contributed by atoms with Gasteiger partial charge >= 0.3 is 0 Å². The van der Waals surface area contributed by atoms with Gasteiger partial charge in [0.15, 0.2) is 0 Å². The molecule has 2 aliphatic heterocycles. The highest BCUT2D eigenvalue weighted by Gasteiger charge is 2.57. The molecule has 0 unspecified atom stereocenters. The fourth-order valence-corrected chi connectivity index (χ4v) is 7.39. The average molecular weight is 512 g/mol. The second-order valence-corrected chi connectivity index (χ2v) is 11.5. The Labute approximate surface area is 225 Å². The third-order valence-corrected chi connectivity index (χ3v) is 9.21. The summed E-state index contributed by atoms with van der Waals surface area (Å²) in [5.74, 6) is -0.103. The number of likely N-dealkylation sites (tertiary alicyclic amines) is 1. The summed E-state index contributed by atoms with van der Waals surface area (Å²) in [5.41, 5.74) is 5.55. The molecule has 1 N–H and O–H groups in total. The van der Waals surface area contributed by atoms with Crippen LogP contribution in [0, 0.1) is 17.8 Å². The first kappa shape index (κ1) is 25.1. The lowest BCUT2D eigenvalue weighted by Crippen LogP contribution is -2.42. The van der Waals surface area contributed by atoms with E-state index in [0.717, 1.165) is 55.2 Å². The Bertz CT molecular complexity index is 1270. The zero-order valence-corrected chi connectivity index (χ0v) is 22.1. The molecule has 38 heavy (non-hydrogen) atoms. The maximum atomic E-state index is 13.7. The number of para-hydroxylation sites is 1. The van der Waals surface area contributed by atoms with Crippen molar-refractivity contribution in [1.29, 1.82) is 0 Å². The molecule has 3 fully saturated rings. The van der Waals surface area contributed by atoms with Crippen molar-refractivity contribution in [2.75, 3.05) is 6.61 Å². The number of carbonyl (C=O) groups excluding carboxylic acids is 2. The van der Waals surface area contributed by atoms with Gasteiger partial charge in [0.2, 0.25) is 11.8 Å². The van der Waals surface area contributed by atoms with E-state index < -0.39 is 0 Å². The first-order valence-electron chi connectivity index (χ1n) is 14.2. The third-order valence-electron chi connectivity index (χ3n) is 9.21. The SMILES string of the molecule is CC1=C2[C@@H](CC/C(=C/c3ccccc3O)c3ccccc3)OC[C@@H]2[C@@H]2C(=O)N(C3CCCCC3)C(=O)[C@@H]2C1. The predicted molar refractivity (Wildman–Crippen MR) is 148 cm³/mol. The van der Waals surface area contributed by atoms with Crippen molar-refractivity contribution < 1.29 is 19.4 Å². The minimum atomic E-state index is -0.265. The first-order valence-corrected chi connectivity index (χ1v) is 14.2. The molecule has 2 saturated heterocycles. The van der Waals surface area contributed by atoms with Crippen molar-refractivity contribution in [2.24, 2.45) is 17.8 Å². The Morgan fingerprint density at radius 2 is 1.71 bits per heavy atom. The molecule has 5 heteroatoms. The smallest absolute Gasteiger partial charge is 0.234 e. The number of amides is 2. The van der Waals surface area contributed by atoms with Crippen molar-refractivity contribution in [2.45, 2.75) is 70.4 Å². The number of aromatic hydroxyl groups is 1. The summed E-state index contributed by atoms with van der Waals surface area (Å²) in [6, 6.07) is 17.8. The molecule has 5 nitrogen and oxygen atoms in total. The maximum absolute atomic E-state index is 13.7. The molecular formula is C33H37NO4. The summed E-state index contributed by atoms with van der Waals surface area (Å²) >= 11 is 0. The summed E-state index contributed by atoms with van der Waals surface area (Å²) in [7, 11) is 0. The lowest BCUT2D eigenvalue weighted by atomic mass is 9.70. The molecule has 198 valence electrons. The molecule has 2 aromatic carbocycles. The van der Waals surface area contributed by atoms with E-state index in [1.54, 1.807) is 11.0 Å². The molecular weight excluding hydrogens is 474 g/mol. The van der Waals surface area contributed by atoms with E-state index in [2.05, 4.69) is 25.1 Å². The molecule has 0 bridgehead atoms. The third kappa shape index (κ3) is 4.51. The number of phenolic OH excluding ortho intramolecular Hbond substituents is 1. The van der Waals surface area contributed by atoms with Crippen molar-refractivity contribution in [1.82, 2.24) is 4.90 Å². The van der Waals surface area contributed by atoms with Crippen molar-refractivity contribution in [3.8, 4) is 5.75 Å². The lowest BCUT2D eigenvalue weighted by Gasteiger charge is -2.31. The molecule has 1 saturated carbocycles. The number of ether oxygens (including phenoxy) is 1. The fourth-order valence-electron chi connectivity index (χ4n) is 7.39. The van der Waals surface area contributed by atoms with E-state index in [-0.39, 0.29) is 47.5 Å². The molecule has 2 aliphatic carbocycles. The highest BCUT2D eigenvalue weighted by atomic mass is 16.5. The Morgan fingerprint density at radius 1 is 0.974 bits per heavy atom. The standard InChI is InChI=1S/C33H37NO4/c1-21-18-26-31(33(37)34(32(26)36)25-13-6-3-7-14-25)27-20-38-29(30(21)27)17-16-23(22-10-4-2-5-11-22)19-24-12-8-9-15-28(24)35/h2,4-5,8-12,15,19,25-27,29,31,35H,3,6-7,13-14,16-18,20H2,1H3/b23-19-/t26-,27+,29-,31-/m1/s1. The van der Waals surface area contributed by atoms with Crippen LogP contribution in [0.5, 0.6) is 5.75 Å². The maximum Gasteiger partial charge on any atom is 0.234 e. The normalized spacial score (nSPS) is 28.1. The van der Waals surface area contributed by atoms with Crippen LogP contribution in [0.3, 0.4) is 0 Å². The molecule has 6 rings (SSSR count). The first-order chi connectivity index (χ1) is 18.5. The van der Waals surface area contributed by atoms with Gasteiger partial charge in [-0.05, 0) is 67.9 Å². The van der Waals surface area contributed by atoms with Gasteiger partial charge in [0.05, 0.1) is 24.5 Å².